The molecule has 0 unspecified atom stereocenters. The number of aliphatic carboxylic acids is 1. The van der Waals surface area contributed by atoms with Gasteiger partial charge in [0.15, 0.2) is 0 Å². The molecule has 0 aromatic carbocycles. The lowest BCUT2D eigenvalue weighted by Crippen LogP contribution is -2.37. The zero-order valence-electron chi connectivity index (χ0n) is 8.37. The largest absolute Gasteiger partial charge is 0.481 e. The number of likely N-dealkylation sites (tertiary alicyclic amines) is 1. The van der Waals surface area contributed by atoms with Crippen LogP contribution < -0.4 is 0 Å². The van der Waals surface area contributed by atoms with Gasteiger partial charge in [0.2, 0.25) is 0 Å². The molecule has 0 amide bonds. The second-order valence-electron chi connectivity index (χ2n) is 4.42. The molecule has 1 aliphatic carbocycles. The zero-order chi connectivity index (χ0) is 9.31. The maximum atomic E-state index is 10.9. The maximum Gasteiger partial charge on any atom is 0.310 e. The van der Waals surface area contributed by atoms with Crippen molar-refractivity contribution >= 4 is 18.4 Å². The van der Waals surface area contributed by atoms with E-state index in [1.54, 1.807) is 0 Å². The van der Waals surface area contributed by atoms with Gasteiger partial charge in [-0.25, -0.2) is 0 Å². The Morgan fingerprint density at radius 1 is 1.21 bits per heavy atom. The summed E-state index contributed by atoms with van der Waals surface area (Å²) in [5.74, 6) is -0.585. The van der Waals surface area contributed by atoms with Crippen LogP contribution in [0.15, 0.2) is 0 Å². The van der Waals surface area contributed by atoms with Crippen molar-refractivity contribution < 1.29 is 9.90 Å². The van der Waals surface area contributed by atoms with Gasteiger partial charge in [-0.1, -0.05) is 6.42 Å². The molecule has 4 heteroatoms. The standard InChI is InChI=1S/C10H17NO2.ClH/c12-9(13)10(4-5-10)8-11-6-2-1-3-7-11;/h1-8H2,(H,12,13);1H. The van der Waals surface area contributed by atoms with Gasteiger partial charge in [0.25, 0.3) is 0 Å². The quantitative estimate of drug-likeness (QED) is 0.787. The summed E-state index contributed by atoms with van der Waals surface area (Å²) >= 11 is 0. The van der Waals surface area contributed by atoms with Crippen molar-refractivity contribution in [3.8, 4) is 0 Å². The first-order valence-corrected chi connectivity index (χ1v) is 5.19. The Bertz CT molecular complexity index is 210. The fourth-order valence-corrected chi connectivity index (χ4v) is 2.14. The fourth-order valence-electron chi connectivity index (χ4n) is 2.14. The Morgan fingerprint density at radius 2 is 1.79 bits per heavy atom. The van der Waals surface area contributed by atoms with Crippen molar-refractivity contribution in [3.63, 3.8) is 0 Å². The lowest BCUT2D eigenvalue weighted by atomic mass is 10.0. The third kappa shape index (κ3) is 2.39. The predicted octanol–water partition coefficient (Wildman–Crippen LogP) is 1.76. The molecule has 0 aromatic heterocycles. The van der Waals surface area contributed by atoms with Gasteiger partial charge in [-0.2, -0.15) is 0 Å². The molecule has 0 bridgehead atoms. The second kappa shape index (κ2) is 4.49. The summed E-state index contributed by atoms with van der Waals surface area (Å²) in [7, 11) is 0. The molecule has 2 aliphatic rings. The summed E-state index contributed by atoms with van der Waals surface area (Å²) in [5.41, 5.74) is -0.350. The highest BCUT2D eigenvalue weighted by Gasteiger charge is 2.51. The van der Waals surface area contributed by atoms with Crippen molar-refractivity contribution in [2.24, 2.45) is 5.41 Å². The van der Waals surface area contributed by atoms with Crippen molar-refractivity contribution in [2.45, 2.75) is 32.1 Å². The zero-order valence-corrected chi connectivity index (χ0v) is 9.18. The highest BCUT2D eigenvalue weighted by Crippen LogP contribution is 2.46. The van der Waals surface area contributed by atoms with E-state index in [4.69, 9.17) is 5.11 Å². The molecule has 2 rings (SSSR count). The summed E-state index contributed by atoms with van der Waals surface area (Å²) in [4.78, 5) is 13.3. The van der Waals surface area contributed by atoms with E-state index in [-0.39, 0.29) is 17.8 Å². The number of nitrogens with zero attached hydrogens (tertiary/aromatic N) is 1. The number of rotatable bonds is 3. The normalized spacial score (nSPS) is 25.1. The van der Waals surface area contributed by atoms with E-state index in [0.717, 1.165) is 32.5 Å². The molecular formula is C10H18ClNO2. The summed E-state index contributed by atoms with van der Waals surface area (Å²) in [6.45, 7) is 3.01. The summed E-state index contributed by atoms with van der Waals surface area (Å²) in [5, 5.41) is 9.01. The van der Waals surface area contributed by atoms with E-state index in [2.05, 4.69) is 4.90 Å². The predicted molar refractivity (Wildman–Crippen MR) is 56.8 cm³/mol. The molecule has 2 fully saturated rings. The van der Waals surface area contributed by atoms with Crippen LogP contribution in [0.3, 0.4) is 0 Å². The number of halogens is 1. The number of piperidine rings is 1. The second-order valence-corrected chi connectivity index (χ2v) is 4.42. The van der Waals surface area contributed by atoms with Gasteiger partial charge in [-0.05, 0) is 38.8 Å². The number of carboxylic acid groups (broad SMARTS) is 1. The van der Waals surface area contributed by atoms with E-state index in [0.29, 0.717) is 0 Å². The number of hydrogen-bond acceptors (Lipinski definition) is 2. The molecular weight excluding hydrogens is 202 g/mol. The van der Waals surface area contributed by atoms with Gasteiger partial charge in [-0.15, -0.1) is 12.4 Å². The van der Waals surface area contributed by atoms with E-state index < -0.39 is 5.97 Å². The minimum Gasteiger partial charge on any atom is -0.481 e. The van der Waals surface area contributed by atoms with Gasteiger partial charge in [-0.3, -0.25) is 4.79 Å². The van der Waals surface area contributed by atoms with Crippen LogP contribution >= 0.6 is 12.4 Å². The molecule has 1 heterocycles. The lowest BCUT2D eigenvalue weighted by Gasteiger charge is -2.28. The minimum absolute atomic E-state index is 0. The van der Waals surface area contributed by atoms with Crippen LogP contribution in [-0.4, -0.2) is 35.6 Å². The summed E-state index contributed by atoms with van der Waals surface area (Å²) < 4.78 is 0. The Balaban J connectivity index is 0.000000980. The van der Waals surface area contributed by atoms with Crippen molar-refractivity contribution in [3.05, 3.63) is 0 Å². The Labute approximate surface area is 90.9 Å². The number of carbonyl (C=O) groups is 1. The van der Waals surface area contributed by atoms with Crippen LogP contribution in [0.1, 0.15) is 32.1 Å². The minimum atomic E-state index is -0.585. The highest BCUT2D eigenvalue weighted by molar-refractivity contribution is 5.85. The first kappa shape index (κ1) is 11.8. The summed E-state index contributed by atoms with van der Waals surface area (Å²) in [6.07, 6.45) is 5.58. The molecule has 82 valence electrons. The average Bonchev–Trinajstić information content (AvgIpc) is 2.87. The topological polar surface area (TPSA) is 40.5 Å². The monoisotopic (exact) mass is 219 g/mol. The molecule has 0 aromatic rings. The first-order valence-electron chi connectivity index (χ1n) is 5.19. The van der Waals surface area contributed by atoms with Gasteiger partial charge in [0, 0.05) is 6.54 Å². The number of hydrogen-bond donors (Lipinski definition) is 1. The highest BCUT2D eigenvalue weighted by atomic mass is 35.5. The van der Waals surface area contributed by atoms with Crippen LogP contribution in [0.25, 0.3) is 0 Å². The molecule has 0 spiro atoms. The first-order chi connectivity index (χ1) is 6.23. The molecule has 14 heavy (non-hydrogen) atoms. The van der Waals surface area contributed by atoms with Gasteiger partial charge >= 0.3 is 5.97 Å². The van der Waals surface area contributed by atoms with Crippen LogP contribution in [0.4, 0.5) is 0 Å². The van der Waals surface area contributed by atoms with Crippen molar-refractivity contribution in [1.29, 1.82) is 0 Å². The van der Waals surface area contributed by atoms with Crippen LogP contribution in [0.2, 0.25) is 0 Å². The summed E-state index contributed by atoms with van der Waals surface area (Å²) in [6, 6.07) is 0. The molecule has 1 N–H and O–H groups in total. The third-order valence-electron chi connectivity index (χ3n) is 3.28. The van der Waals surface area contributed by atoms with Crippen molar-refractivity contribution in [1.82, 2.24) is 4.90 Å². The van der Waals surface area contributed by atoms with E-state index in [1.807, 2.05) is 0 Å². The molecule has 0 atom stereocenters. The number of carboxylic acids is 1. The van der Waals surface area contributed by atoms with Crippen LogP contribution in [0.5, 0.6) is 0 Å². The maximum absolute atomic E-state index is 10.9. The third-order valence-corrected chi connectivity index (χ3v) is 3.28. The molecule has 3 nitrogen and oxygen atoms in total. The van der Waals surface area contributed by atoms with E-state index >= 15 is 0 Å². The Morgan fingerprint density at radius 3 is 2.21 bits per heavy atom. The van der Waals surface area contributed by atoms with E-state index in [9.17, 15) is 4.79 Å². The average molecular weight is 220 g/mol. The lowest BCUT2D eigenvalue weighted by molar-refractivity contribution is -0.144. The molecule has 1 saturated heterocycles. The van der Waals surface area contributed by atoms with Gasteiger partial charge in [0.05, 0.1) is 5.41 Å². The van der Waals surface area contributed by atoms with Crippen LogP contribution in [-0.2, 0) is 4.79 Å². The smallest absolute Gasteiger partial charge is 0.310 e. The molecule has 1 saturated carbocycles. The SMILES string of the molecule is Cl.O=C(O)C1(CN2CCCCC2)CC1. The van der Waals surface area contributed by atoms with E-state index in [1.165, 1.54) is 19.3 Å². The van der Waals surface area contributed by atoms with Gasteiger partial charge in [0.1, 0.15) is 0 Å². The van der Waals surface area contributed by atoms with Gasteiger partial charge < -0.3 is 10.0 Å². The van der Waals surface area contributed by atoms with Crippen LogP contribution in [0, 0.1) is 5.41 Å². The molecule has 0 radical (unpaired) electrons. The Hall–Kier alpha value is -0.280. The Kier molecular flexibility index (Phi) is 3.78. The van der Waals surface area contributed by atoms with Crippen molar-refractivity contribution in [2.75, 3.05) is 19.6 Å². The fraction of sp³-hybridized carbons (Fsp3) is 0.900. The molecule has 1 aliphatic heterocycles.